The fraction of sp³-hybridized carbons (Fsp3) is 0.809. The van der Waals surface area contributed by atoms with Gasteiger partial charge in [0.1, 0.15) is 25.5 Å². The lowest BCUT2D eigenvalue weighted by Crippen LogP contribution is -2.98. The SMILES string of the molecule is CC[NH2+][C@H]1C=C2C=CCC[C@H]2C[C@H]1COC(=O)[C@]12O[C@@]1(CC(CO)=C(C)CC1(C3CC[NH2+]C(NC[NH2+]C)C3)CCCCC1)C(=O)C1CCCC(CC(C)C)C1C2=O. The lowest BCUT2D eigenvalue weighted by Gasteiger charge is -2.47. The van der Waals surface area contributed by atoms with Gasteiger partial charge in [-0.2, -0.15) is 0 Å². The smallest absolute Gasteiger partial charge is 0.350 e. The Hall–Kier alpha value is -2.21. The number of nitrogens with one attached hydrogen (secondary N) is 1. The predicted octanol–water partition coefficient (Wildman–Crippen LogP) is 3.21. The minimum Gasteiger partial charge on any atom is -0.463 e. The molecule has 0 amide bonds. The highest BCUT2D eigenvalue weighted by Gasteiger charge is 2.87. The van der Waals surface area contributed by atoms with Gasteiger partial charge in [-0.3, -0.25) is 9.59 Å². The third-order valence-electron chi connectivity index (χ3n) is 15.9. The lowest BCUT2D eigenvalue weighted by molar-refractivity contribution is -0.717. The first-order chi connectivity index (χ1) is 27.5. The molecule has 57 heavy (non-hydrogen) atoms. The van der Waals surface area contributed by atoms with Crippen molar-refractivity contribution < 1.29 is 44.9 Å². The molecule has 2 heterocycles. The molecule has 0 spiro atoms. The maximum atomic E-state index is 15.1. The largest absolute Gasteiger partial charge is 0.463 e. The van der Waals surface area contributed by atoms with E-state index in [0.29, 0.717) is 30.3 Å². The third kappa shape index (κ3) is 8.31. The van der Waals surface area contributed by atoms with Crippen LogP contribution in [0.4, 0.5) is 0 Å². The van der Waals surface area contributed by atoms with Crippen molar-refractivity contribution in [2.24, 2.45) is 46.8 Å². The van der Waals surface area contributed by atoms with Crippen LogP contribution in [-0.4, -0.2) is 86.1 Å². The number of esters is 1. The number of aliphatic hydroxyl groups excluding tert-OH is 1. The zero-order valence-electron chi connectivity index (χ0n) is 36.0. The van der Waals surface area contributed by atoms with Crippen molar-refractivity contribution in [1.29, 1.82) is 0 Å². The Morgan fingerprint density at radius 2 is 1.86 bits per heavy atom. The van der Waals surface area contributed by atoms with Gasteiger partial charge in [0.15, 0.2) is 17.2 Å². The van der Waals surface area contributed by atoms with Gasteiger partial charge in [-0.25, -0.2) is 10.1 Å². The second-order valence-corrected chi connectivity index (χ2v) is 19.9. The Labute approximate surface area is 342 Å². The topological polar surface area (TPSA) is 155 Å². The number of ketones is 2. The van der Waals surface area contributed by atoms with Gasteiger partial charge in [0, 0.05) is 37.0 Å². The first kappa shape index (κ1) is 42.9. The molecular formula is C47H77N4O6+3. The van der Waals surface area contributed by atoms with E-state index in [-0.39, 0.29) is 54.5 Å². The molecule has 8 N–H and O–H groups in total. The molecule has 0 radical (unpaired) electrons. The molecule has 5 unspecified atom stereocenters. The number of allylic oxidation sites excluding steroid dienone is 4. The number of likely N-dealkylation sites (N-methyl/N-ethyl adjacent to an activating group) is 1. The molecular weight excluding hydrogens is 717 g/mol. The van der Waals surface area contributed by atoms with E-state index in [4.69, 9.17) is 9.47 Å². The molecule has 0 aromatic carbocycles. The summed E-state index contributed by atoms with van der Waals surface area (Å²) in [7, 11) is 2.10. The number of hydrogen-bond acceptors (Lipinski definition) is 7. The van der Waals surface area contributed by atoms with Crippen LogP contribution in [0.1, 0.15) is 130 Å². The highest BCUT2D eigenvalue weighted by atomic mass is 16.7. The third-order valence-corrected chi connectivity index (χ3v) is 15.9. The zero-order valence-corrected chi connectivity index (χ0v) is 36.0. The minimum atomic E-state index is -1.94. The van der Waals surface area contributed by atoms with Crippen LogP contribution in [0, 0.1) is 46.8 Å². The normalized spacial score (nSPS) is 37.8. The maximum absolute atomic E-state index is 15.1. The van der Waals surface area contributed by atoms with Gasteiger partial charge in [-0.15, -0.1) is 0 Å². The van der Waals surface area contributed by atoms with E-state index < -0.39 is 29.0 Å². The molecule has 2 saturated heterocycles. The van der Waals surface area contributed by atoms with Crippen molar-refractivity contribution in [1.82, 2.24) is 5.32 Å². The average Bonchev–Trinajstić information content (AvgIpc) is 3.92. The summed E-state index contributed by atoms with van der Waals surface area (Å²) in [5.41, 5.74) is -0.186. The summed E-state index contributed by atoms with van der Waals surface area (Å²) in [6.45, 7) is 11.5. The van der Waals surface area contributed by atoms with E-state index in [9.17, 15) is 9.90 Å². The van der Waals surface area contributed by atoms with Gasteiger partial charge in [-0.1, -0.05) is 57.3 Å². The summed E-state index contributed by atoms with van der Waals surface area (Å²) >= 11 is 0. The molecule has 7 aliphatic rings. The van der Waals surface area contributed by atoms with Crippen LogP contribution in [0.5, 0.6) is 0 Å². The number of piperidine rings is 1. The predicted molar refractivity (Wildman–Crippen MR) is 219 cm³/mol. The summed E-state index contributed by atoms with van der Waals surface area (Å²) < 4.78 is 12.9. The Morgan fingerprint density at radius 1 is 1.05 bits per heavy atom. The molecule has 0 aromatic heterocycles. The van der Waals surface area contributed by atoms with Gasteiger partial charge in [0.25, 0.3) is 5.60 Å². The van der Waals surface area contributed by atoms with E-state index in [2.05, 4.69) is 74.2 Å². The molecule has 10 nitrogen and oxygen atoms in total. The molecule has 10 heteroatoms. The second kappa shape index (κ2) is 18.2. The quantitative estimate of drug-likeness (QED) is 0.0529. The van der Waals surface area contributed by atoms with Crippen molar-refractivity contribution in [3.8, 4) is 0 Å². The standard InChI is InChI=1S/C47H74N4O6/c1-6-49-39-23-33-14-9-8-13-32(33)22-35(39)28-56-44(55)47-43(54)41-34(21-30(2)3)15-12-16-38(41)42(53)46(47,57-47)26-36(27-52)31(4)25-45(18-10-7-11-19-45)37-17-20-50-40(24-37)51-29-48-5/h9,14,23,30,32,34-35,37-41,48-52H,6-8,10-13,15-22,24-29H2,1-5H3/p+3/t32-,34?,35-,37?,38?,39-,40?,41?,46-,47-/m0/s1. The summed E-state index contributed by atoms with van der Waals surface area (Å²) in [5.74, 6) is -0.477. The number of Topliss-reactive ketones (excluding diaryl/α,β-unsaturated/α-hetero) is 2. The average molecular weight is 794 g/mol. The second-order valence-electron chi connectivity index (χ2n) is 19.9. The van der Waals surface area contributed by atoms with Crippen molar-refractivity contribution in [3.05, 3.63) is 34.9 Å². The Bertz CT molecular complexity index is 1570. The fourth-order valence-corrected chi connectivity index (χ4v) is 13.1. The van der Waals surface area contributed by atoms with Gasteiger partial charge >= 0.3 is 5.97 Å². The summed E-state index contributed by atoms with van der Waals surface area (Å²) in [4.78, 5) is 45.0. The highest BCUT2D eigenvalue weighted by Crippen LogP contribution is 2.63. The van der Waals surface area contributed by atoms with Gasteiger partial charge in [0.2, 0.25) is 0 Å². The summed E-state index contributed by atoms with van der Waals surface area (Å²) in [6, 6.07) is 0.179. The Kier molecular flexibility index (Phi) is 13.7. The van der Waals surface area contributed by atoms with Crippen LogP contribution >= 0.6 is 0 Å². The van der Waals surface area contributed by atoms with Gasteiger partial charge in [-0.05, 0) is 118 Å². The lowest BCUT2D eigenvalue weighted by atomic mass is 9.56. The number of fused-ring (bicyclic) bond motifs is 3. The van der Waals surface area contributed by atoms with E-state index in [1.165, 1.54) is 44.1 Å². The highest BCUT2D eigenvalue weighted by molar-refractivity contribution is 6.23. The number of hydrogen-bond donors (Lipinski definition) is 5. The molecule has 0 bridgehead atoms. The van der Waals surface area contributed by atoms with Crippen LogP contribution in [0.3, 0.4) is 0 Å². The van der Waals surface area contributed by atoms with Gasteiger partial charge < -0.3 is 30.5 Å². The molecule has 318 valence electrons. The van der Waals surface area contributed by atoms with Crippen LogP contribution in [0.25, 0.3) is 0 Å². The van der Waals surface area contributed by atoms with Crippen LogP contribution < -0.4 is 21.3 Å². The van der Waals surface area contributed by atoms with Crippen LogP contribution in [0.15, 0.2) is 34.9 Å². The molecule has 2 aliphatic heterocycles. The first-order valence-corrected chi connectivity index (χ1v) is 23.3. The molecule has 5 aliphatic carbocycles. The number of rotatable bonds is 16. The summed E-state index contributed by atoms with van der Waals surface area (Å²) in [5, 5.41) is 21.8. The molecule has 0 aromatic rings. The van der Waals surface area contributed by atoms with Crippen LogP contribution in [-0.2, 0) is 23.9 Å². The number of carbonyl (C=O) groups excluding carboxylic acids is 3. The Morgan fingerprint density at radius 3 is 2.60 bits per heavy atom. The van der Waals surface area contributed by atoms with Crippen molar-refractivity contribution >= 4 is 17.5 Å². The first-order valence-electron chi connectivity index (χ1n) is 23.3. The number of aliphatic hydroxyl groups is 1. The molecule has 3 saturated carbocycles. The van der Waals surface area contributed by atoms with Gasteiger partial charge in [0.05, 0.1) is 26.7 Å². The molecule has 10 atom stereocenters. The number of nitrogens with two attached hydrogens (primary N) is 3. The number of quaternary nitrogens is 3. The number of ether oxygens (including phenoxy) is 2. The monoisotopic (exact) mass is 794 g/mol. The fourth-order valence-electron chi connectivity index (χ4n) is 13.1. The minimum absolute atomic E-state index is 0.0406. The van der Waals surface area contributed by atoms with Crippen LogP contribution in [0.2, 0.25) is 0 Å². The number of carbonyl (C=O) groups is 3. The van der Waals surface area contributed by atoms with Crippen molar-refractivity contribution in [2.75, 3.05) is 40.0 Å². The van der Waals surface area contributed by atoms with E-state index in [1.54, 1.807) is 0 Å². The molecule has 7 rings (SSSR count). The molecule has 5 fully saturated rings. The number of epoxide rings is 1. The van der Waals surface area contributed by atoms with E-state index in [0.717, 1.165) is 82.3 Å². The Balaban J connectivity index is 1.18. The summed E-state index contributed by atoms with van der Waals surface area (Å²) in [6.07, 6.45) is 22.9. The maximum Gasteiger partial charge on any atom is 0.350 e. The zero-order chi connectivity index (χ0) is 40.4. The van der Waals surface area contributed by atoms with Crippen molar-refractivity contribution in [2.45, 2.75) is 154 Å². The van der Waals surface area contributed by atoms with Crippen molar-refractivity contribution in [3.63, 3.8) is 0 Å². The van der Waals surface area contributed by atoms with E-state index >= 15 is 9.59 Å². The van der Waals surface area contributed by atoms with E-state index in [1.807, 2.05) is 0 Å².